The molecule has 1 unspecified atom stereocenters. The molecular formula is C11H21N3OS. The zero-order valence-corrected chi connectivity index (χ0v) is 11.1. The van der Waals surface area contributed by atoms with Gasteiger partial charge in [0.2, 0.25) is 0 Å². The summed E-state index contributed by atoms with van der Waals surface area (Å²) in [7, 11) is 3.84. The summed E-state index contributed by atoms with van der Waals surface area (Å²) < 4.78 is 5.03. The van der Waals surface area contributed by atoms with E-state index >= 15 is 0 Å². The standard InChI is InChI=1S/C11H21N3OS/c1-10(11-8-12-9-16-11)13-4-5-14(2)6-7-15-3/h8-10,13H,4-7H2,1-3H3. The van der Waals surface area contributed by atoms with Crippen LogP contribution in [0, 0.1) is 0 Å². The van der Waals surface area contributed by atoms with Crippen LogP contribution in [0.4, 0.5) is 0 Å². The molecule has 5 heteroatoms. The van der Waals surface area contributed by atoms with Gasteiger partial charge in [-0.3, -0.25) is 4.98 Å². The average Bonchev–Trinajstić information content (AvgIpc) is 2.79. The van der Waals surface area contributed by atoms with Crippen LogP contribution in [0.25, 0.3) is 0 Å². The van der Waals surface area contributed by atoms with Crippen LogP contribution in [0.2, 0.25) is 0 Å². The Morgan fingerprint density at radius 3 is 3.00 bits per heavy atom. The minimum Gasteiger partial charge on any atom is -0.383 e. The largest absolute Gasteiger partial charge is 0.383 e. The van der Waals surface area contributed by atoms with Gasteiger partial charge in [0, 0.05) is 43.9 Å². The maximum Gasteiger partial charge on any atom is 0.0794 e. The predicted molar refractivity (Wildman–Crippen MR) is 67.9 cm³/mol. The molecule has 0 saturated carbocycles. The number of nitrogens with one attached hydrogen (secondary N) is 1. The lowest BCUT2D eigenvalue weighted by Gasteiger charge is -2.18. The van der Waals surface area contributed by atoms with Gasteiger partial charge in [-0.15, -0.1) is 11.3 Å². The topological polar surface area (TPSA) is 37.4 Å². The zero-order chi connectivity index (χ0) is 11.8. The van der Waals surface area contributed by atoms with Crippen molar-refractivity contribution in [3.05, 3.63) is 16.6 Å². The van der Waals surface area contributed by atoms with Gasteiger partial charge in [-0.05, 0) is 14.0 Å². The highest BCUT2D eigenvalue weighted by Gasteiger charge is 2.06. The highest BCUT2D eigenvalue weighted by atomic mass is 32.1. The van der Waals surface area contributed by atoms with E-state index in [2.05, 4.69) is 29.2 Å². The number of rotatable bonds is 8. The number of nitrogens with zero attached hydrogens (tertiary/aromatic N) is 2. The predicted octanol–water partition coefficient (Wildman–Crippen LogP) is 1.37. The molecule has 16 heavy (non-hydrogen) atoms. The second kappa shape index (κ2) is 7.73. The van der Waals surface area contributed by atoms with Crippen LogP contribution in [0.5, 0.6) is 0 Å². The minimum absolute atomic E-state index is 0.392. The third-order valence-corrected chi connectivity index (χ3v) is 3.46. The summed E-state index contributed by atoms with van der Waals surface area (Å²) in [4.78, 5) is 7.63. The van der Waals surface area contributed by atoms with Crippen LogP contribution in [0.15, 0.2) is 11.7 Å². The summed E-state index contributed by atoms with van der Waals surface area (Å²) in [6.45, 7) is 5.96. The molecule has 1 atom stereocenters. The number of hydrogen-bond acceptors (Lipinski definition) is 5. The molecule has 1 aromatic heterocycles. The van der Waals surface area contributed by atoms with Crippen LogP contribution >= 0.6 is 11.3 Å². The van der Waals surface area contributed by atoms with Crippen molar-refractivity contribution in [2.75, 3.05) is 40.4 Å². The lowest BCUT2D eigenvalue weighted by molar-refractivity contribution is 0.161. The maximum atomic E-state index is 5.03. The Balaban J connectivity index is 2.11. The van der Waals surface area contributed by atoms with Crippen molar-refractivity contribution < 1.29 is 4.74 Å². The SMILES string of the molecule is COCCN(C)CCNC(C)c1cncs1. The van der Waals surface area contributed by atoms with Gasteiger partial charge in [-0.1, -0.05) is 0 Å². The lowest BCUT2D eigenvalue weighted by atomic mass is 10.3. The number of thiazole rings is 1. The fraction of sp³-hybridized carbons (Fsp3) is 0.727. The van der Waals surface area contributed by atoms with Crippen molar-refractivity contribution in [3.63, 3.8) is 0 Å². The van der Waals surface area contributed by atoms with Crippen molar-refractivity contribution >= 4 is 11.3 Å². The maximum absolute atomic E-state index is 5.03. The number of likely N-dealkylation sites (N-methyl/N-ethyl adjacent to an activating group) is 1. The van der Waals surface area contributed by atoms with E-state index in [4.69, 9.17) is 4.74 Å². The molecule has 0 amide bonds. The zero-order valence-electron chi connectivity index (χ0n) is 10.3. The first kappa shape index (κ1) is 13.6. The Labute approximate surface area is 102 Å². The van der Waals surface area contributed by atoms with Crippen LogP contribution in [0.1, 0.15) is 17.8 Å². The van der Waals surface area contributed by atoms with Gasteiger partial charge in [0.05, 0.1) is 12.1 Å². The summed E-state index contributed by atoms with van der Waals surface area (Å²) in [6, 6.07) is 0.392. The third-order valence-electron chi connectivity index (χ3n) is 2.50. The quantitative estimate of drug-likeness (QED) is 0.748. The molecular weight excluding hydrogens is 222 g/mol. The van der Waals surface area contributed by atoms with E-state index in [-0.39, 0.29) is 0 Å². The van der Waals surface area contributed by atoms with Gasteiger partial charge in [-0.25, -0.2) is 0 Å². The fourth-order valence-corrected chi connectivity index (χ4v) is 2.02. The molecule has 4 nitrogen and oxygen atoms in total. The highest BCUT2D eigenvalue weighted by molar-refractivity contribution is 7.09. The highest BCUT2D eigenvalue weighted by Crippen LogP contribution is 2.15. The van der Waals surface area contributed by atoms with Gasteiger partial charge in [0.25, 0.3) is 0 Å². The molecule has 0 aliphatic rings. The molecule has 0 aliphatic carbocycles. The fourth-order valence-electron chi connectivity index (χ4n) is 1.37. The average molecular weight is 243 g/mol. The summed E-state index contributed by atoms with van der Waals surface area (Å²) in [5, 5.41) is 3.48. The monoisotopic (exact) mass is 243 g/mol. The summed E-state index contributed by atoms with van der Waals surface area (Å²) in [5.74, 6) is 0. The van der Waals surface area contributed by atoms with Gasteiger partial charge >= 0.3 is 0 Å². The summed E-state index contributed by atoms with van der Waals surface area (Å²) in [5.41, 5.74) is 1.87. The lowest BCUT2D eigenvalue weighted by Crippen LogP contribution is -2.32. The van der Waals surface area contributed by atoms with Gasteiger partial charge in [0.1, 0.15) is 0 Å². The molecule has 1 rings (SSSR count). The first-order chi connectivity index (χ1) is 7.74. The van der Waals surface area contributed by atoms with Crippen LogP contribution < -0.4 is 5.32 Å². The van der Waals surface area contributed by atoms with Crippen LogP contribution in [-0.4, -0.2) is 50.3 Å². The molecule has 0 bridgehead atoms. The third kappa shape index (κ3) is 5.03. The molecule has 0 spiro atoms. The number of methoxy groups -OCH3 is 1. The second-order valence-corrected chi connectivity index (χ2v) is 4.79. The molecule has 1 heterocycles. The Morgan fingerprint density at radius 1 is 1.56 bits per heavy atom. The van der Waals surface area contributed by atoms with Crippen molar-refractivity contribution in [2.24, 2.45) is 0 Å². The van der Waals surface area contributed by atoms with E-state index in [0.717, 1.165) is 26.2 Å². The Bertz CT molecular complexity index is 266. The van der Waals surface area contributed by atoms with Crippen LogP contribution in [-0.2, 0) is 4.74 Å². The summed E-state index contributed by atoms with van der Waals surface area (Å²) in [6.07, 6.45) is 1.93. The van der Waals surface area contributed by atoms with E-state index in [1.165, 1.54) is 4.88 Å². The van der Waals surface area contributed by atoms with E-state index in [0.29, 0.717) is 6.04 Å². The number of ether oxygens (including phenoxy) is 1. The van der Waals surface area contributed by atoms with Crippen molar-refractivity contribution in [3.8, 4) is 0 Å². The van der Waals surface area contributed by atoms with E-state index in [1.807, 2.05) is 11.7 Å². The van der Waals surface area contributed by atoms with Crippen molar-refractivity contribution in [1.29, 1.82) is 0 Å². The Kier molecular flexibility index (Phi) is 6.56. The van der Waals surface area contributed by atoms with Crippen molar-refractivity contribution in [1.82, 2.24) is 15.2 Å². The van der Waals surface area contributed by atoms with E-state index in [1.54, 1.807) is 18.4 Å². The number of aromatic nitrogens is 1. The van der Waals surface area contributed by atoms with E-state index < -0.39 is 0 Å². The molecule has 0 aliphatic heterocycles. The molecule has 0 radical (unpaired) electrons. The Hall–Kier alpha value is -0.490. The van der Waals surface area contributed by atoms with Gasteiger partial charge < -0.3 is 15.0 Å². The molecule has 0 fully saturated rings. The molecule has 0 aromatic carbocycles. The smallest absolute Gasteiger partial charge is 0.0794 e. The molecule has 1 N–H and O–H groups in total. The van der Waals surface area contributed by atoms with Gasteiger partial charge in [-0.2, -0.15) is 0 Å². The second-order valence-electron chi connectivity index (χ2n) is 3.88. The normalized spacial score (nSPS) is 13.2. The molecule has 92 valence electrons. The number of hydrogen-bond donors (Lipinski definition) is 1. The minimum atomic E-state index is 0.392. The Morgan fingerprint density at radius 2 is 2.38 bits per heavy atom. The molecule has 0 saturated heterocycles. The van der Waals surface area contributed by atoms with Crippen LogP contribution in [0.3, 0.4) is 0 Å². The first-order valence-electron chi connectivity index (χ1n) is 5.53. The van der Waals surface area contributed by atoms with Crippen molar-refractivity contribution in [2.45, 2.75) is 13.0 Å². The first-order valence-corrected chi connectivity index (χ1v) is 6.41. The van der Waals surface area contributed by atoms with Gasteiger partial charge in [0.15, 0.2) is 0 Å². The summed E-state index contributed by atoms with van der Waals surface area (Å²) >= 11 is 1.70. The molecule has 1 aromatic rings. The van der Waals surface area contributed by atoms with E-state index in [9.17, 15) is 0 Å².